The van der Waals surface area contributed by atoms with E-state index in [-0.39, 0.29) is 28.6 Å². The predicted molar refractivity (Wildman–Crippen MR) is 151 cm³/mol. The van der Waals surface area contributed by atoms with Crippen LogP contribution in [-0.4, -0.2) is 28.1 Å². The number of carboxylic acid groups (broad SMARTS) is 1. The second kappa shape index (κ2) is 11.9. The first-order valence-electron chi connectivity index (χ1n) is 12.5. The van der Waals surface area contributed by atoms with Crippen molar-refractivity contribution >= 4 is 11.7 Å². The summed E-state index contributed by atoms with van der Waals surface area (Å²) in [6.07, 6.45) is -0.834. The van der Waals surface area contributed by atoms with Gasteiger partial charge >= 0.3 is 5.97 Å². The molecule has 1 aliphatic rings. The molecule has 204 valence electrons. The number of aliphatic imine (C=N–C) groups is 1. The minimum atomic E-state index is -1.18. The van der Waals surface area contributed by atoms with Crippen LogP contribution in [0.15, 0.2) is 120 Å². The second-order valence-electron chi connectivity index (χ2n) is 8.93. The van der Waals surface area contributed by atoms with Crippen LogP contribution in [0, 0.1) is 11.3 Å². The highest BCUT2D eigenvalue weighted by Crippen LogP contribution is 2.35. The number of carboxylic acids is 1. The average Bonchev–Trinajstić information content (AvgIpc) is 2.99. The minimum absolute atomic E-state index is 0.0143. The number of nitrogens with zero attached hydrogens (tertiary/aromatic N) is 3. The van der Waals surface area contributed by atoms with Crippen LogP contribution in [-0.2, 0) is 6.42 Å². The number of benzene rings is 4. The van der Waals surface area contributed by atoms with E-state index in [1.807, 2.05) is 48.5 Å². The van der Waals surface area contributed by atoms with Crippen molar-refractivity contribution in [2.75, 3.05) is 0 Å². The van der Waals surface area contributed by atoms with Crippen LogP contribution in [0.25, 0.3) is 0 Å². The number of ether oxygens (including phenoxy) is 3. The Morgan fingerprint density at radius 2 is 1.61 bits per heavy atom. The predicted octanol–water partition coefficient (Wildman–Crippen LogP) is 4.79. The average molecular weight is 548 g/mol. The van der Waals surface area contributed by atoms with Gasteiger partial charge in [0.05, 0.1) is 22.9 Å². The van der Waals surface area contributed by atoms with Crippen molar-refractivity contribution in [1.82, 2.24) is 5.01 Å². The normalized spacial score (nSPS) is 14.6. The quantitative estimate of drug-likeness (QED) is 0.251. The SMILES string of the molecule is N#Cc1ccc(Oc2ccccc2)c(OC2N=C(Cc3ccccc3)C(N)=C(Oc3cccc(C(=O)O)c3)N2N)c1. The molecule has 10 nitrogen and oxygen atoms in total. The Morgan fingerprint density at radius 3 is 2.32 bits per heavy atom. The Bertz CT molecular complexity index is 1670. The first kappa shape index (κ1) is 26.8. The van der Waals surface area contributed by atoms with Gasteiger partial charge in [-0.2, -0.15) is 5.26 Å². The van der Waals surface area contributed by atoms with Gasteiger partial charge in [0.2, 0.25) is 5.88 Å². The van der Waals surface area contributed by atoms with E-state index >= 15 is 0 Å². The Morgan fingerprint density at radius 1 is 0.902 bits per heavy atom. The number of aromatic carboxylic acids is 1. The van der Waals surface area contributed by atoms with E-state index in [0.717, 1.165) is 10.6 Å². The number of para-hydroxylation sites is 1. The van der Waals surface area contributed by atoms with Crippen LogP contribution >= 0.6 is 0 Å². The first-order valence-corrected chi connectivity index (χ1v) is 12.5. The highest BCUT2D eigenvalue weighted by molar-refractivity contribution is 6.01. The number of nitriles is 1. The zero-order chi connectivity index (χ0) is 28.8. The fraction of sp³-hybridized carbons (Fsp3) is 0.0645. The molecule has 0 radical (unpaired) electrons. The maximum absolute atomic E-state index is 11.5. The van der Waals surface area contributed by atoms with Gasteiger partial charge in [-0.25, -0.2) is 20.6 Å². The zero-order valence-electron chi connectivity index (χ0n) is 21.7. The molecule has 0 amide bonds. The van der Waals surface area contributed by atoms with Crippen molar-refractivity contribution in [3.05, 3.63) is 131 Å². The molecule has 5 N–H and O–H groups in total. The zero-order valence-corrected chi connectivity index (χ0v) is 21.7. The topological polar surface area (TPSA) is 156 Å². The molecule has 0 saturated heterocycles. The van der Waals surface area contributed by atoms with Crippen molar-refractivity contribution in [2.24, 2.45) is 16.6 Å². The number of carbonyl (C=O) groups is 1. The van der Waals surface area contributed by atoms with Gasteiger partial charge in [0.1, 0.15) is 17.2 Å². The van der Waals surface area contributed by atoms with Crippen molar-refractivity contribution in [3.8, 4) is 29.1 Å². The molecule has 4 aromatic rings. The molecule has 0 bridgehead atoms. The van der Waals surface area contributed by atoms with Crippen molar-refractivity contribution < 1.29 is 24.1 Å². The molecule has 1 atom stereocenters. The summed E-state index contributed by atoms with van der Waals surface area (Å²) in [5.74, 6) is 6.68. The molecule has 5 rings (SSSR count). The van der Waals surface area contributed by atoms with E-state index in [0.29, 0.717) is 29.2 Å². The molecule has 0 saturated carbocycles. The van der Waals surface area contributed by atoms with Gasteiger partial charge in [-0.1, -0.05) is 54.6 Å². The third-order valence-corrected chi connectivity index (χ3v) is 6.07. The summed E-state index contributed by atoms with van der Waals surface area (Å²) in [6.45, 7) is 0. The van der Waals surface area contributed by atoms with Gasteiger partial charge in [0, 0.05) is 12.5 Å². The summed E-state index contributed by atoms with van der Waals surface area (Å²) in [7, 11) is 0. The molecule has 4 aromatic carbocycles. The first-order chi connectivity index (χ1) is 19.9. The standard InChI is InChI=1S/C31H25N5O5/c32-19-21-14-15-26(39-23-11-5-2-6-12-23)27(17-21)41-31-35-25(16-20-8-3-1-4-9-20)28(33)29(36(31)34)40-24-13-7-10-22(18-24)30(37)38/h1-15,17-18,31H,16,33-34H2,(H,37,38). The minimum Gasteiger partial charge on any atom is -0.478 e. The molecule has 41 heavy (non-hydrogen) atoms. The number of hydrogen-bond acceptors (Lipinski definition) is 9. The highest BCUT2D eigenvalue weighted by Gasteiger charge is 2.32. The summed E-state index contributed by atoms with van der Waals surface area (Å²) >= 11 is 0. The van der Waals surface area contributed by atoms with Gasteiger partial charge in [-0.15, -0.1) is 0 Å². The van der Waals surface area contributed by atoms with Crippen LogP contribution < -0.4 is 25.8 Å². The maximum atomic E-state index is 11.5. The van der Waals surface area contributed by atoms with E-state index in [9.17, 15) is 15.2 Å². The summed E-state index contributed by atoms with van der Waals surface area (Å²) in [4.78, 5) is 16.2. The van der Waals surface area contributed by atoms with Crippen molar-refractivity contribution in [2.45, 2.75) is 12.8 Å². The Labute approximate surface area is 235 Å². The molecule has 0 fully saturated rings. The van der Waals surface area contributed by atoms with Gasteiger partial charge in [0.25, 0.3) is 6.35 Å². The lowest BCUT2D eigenvalue weighted by atomic mass is 10.1. The molecular weight excluding hydrogens is 522 g/mol. The largest absolute Gasteiger partial charge is 0.478 e. The summed E-state index contributed by atoms with van der Waals surface area (Å²) in [5.41, 5.74) is 8.40. The van der Waals surface area contributed by atoms with Crippen LogP contribution in [0.1, 0.15) is 21.5 Å². The Kier molecular flexibility index (Phi) is 7.81. The Balaban J connectivity index is 1.52. The van der Waals surface area contributed by atoms with Gasteiger partial charge in [-0.05, 0) is 48.0 Å². The molecule has 10 heteroatoms. The van der Waals surface area contributed by atoms with Crippen LogP contribution in [0.2, 0.25) is 0 Å². The van der Waals surface area contributed by atoms with Crippen LogP contribution in [0.4, 0.5) is 0 Å². The number of hydrazine groups is 1. The summed E-state index contributed by atoms with van der Waals surface area (Å²) in [5, 5.41) is 20.0. The number of rotatable bonds is 9. The molecule has 0 spiro atoms. The van der Waals surface area contributed by atoms with E-state index in [1.165, 1.54) is 18.2 Å². The molecule has 1 unspecified atom stereocenters. The van der Waals surface area contributed by atoms with Gasteiger partial charge < -0.3 is 25.1 Å². The third kappa shape index (κ3) is 6.27. The second-order valence-corrected chi connectivity index (χ2v) is 8.93. The Hall–Kier alpha value is -5.79. The van der Waals surface area contributed by atoms with Crippen molar-refractivity contribution in [1.29, 1.82) is 5.26 Å². The lowest BCUT2D eigenvalue weighted by Crippen LogP contribution is -2.49. The maximum Gasteiger partial charge on any atom is 0.335 e. The molecule has 1 heterocycles. The van der Waals surface area contributed by atoms with E-state index < -0.39 is 12.3 Å². The van der Waals surface area contributed by atoms with Crippen LogP contribution in [0.5, 0.6) is 23.0 Å². The molecule has 0 aromatic heterocycles. The number of nitrogens with two attached hydrogens (primary N) is 2. The summed E-state index contributed by atoms with van der Waals surface area (Å²) in [6, 6.07) is 31.5. The fourth-order valence-electron chi connectivity index (χ4n) is 4.04. The van der Waals surface area contributed by atoms with E-state index in [2.05, 4.69) is 11.1 Å². The van der Waals surface area contributed by atoms with Crippen LogP contribution in [0.3, 0.4) is 0 Å². The van der Waals surface area contributed by atoms with E-state index in [1.54, 1.807) is 36.4 Å². The molecular formula is C31H25N5O5. The monoisotopic (exact) mass is 547 g/mol. The lowest BCUT2D eigenvalue weighted by Gasteiger charge is -2.33. The van der Waals surface area contributed by atoms with E-state index in [4.69, 9.17) is 25.8 Å². The van der Waals surface area contributed by atoms with Crippen molar-refractivity contribution in [3.63, 3.8) is 0 Å². The summed E-state index contributed by atoms with van der Waals surface area (Å²) < 4.78 is 18.3. The molecule has 0 aliphatic carbocycles. The smallest absolute Gasteiger partial charge is 0.335 e. The fourth-order valence-corrected chi connectivity index (χ4v) is 4.04. The molecule has 1 aliphatic heterocycles. The highest BCUT2D eigenvalue weighted by atomic mass is 16.6. The number of hydrogen-bond donors (Lipinski definition) is 3. The third-order valence-electron chi connectivity index (χ3n) is 6.07. The number of allylic oxidation sites excluding steroid dienone is 1. The lowest BCUT2D eigenvalue weighted by molar-refractivity contribution is 0.0211. The van der Waals surface area contributed by atoms with Gasteiger partial charge in [0.15, 0.2) is 11.5 Å². The van der Waals surface area contributed by atoms with Gasteiger partial charge in [-0.3, -0.25) is 0 Å².